The highest BCUT2D eigenvalue weighted by Gasteiger charge is 2.03. The van der Waals surface area contributed by atoms with Gasteiger partial charge in [-0.3, -0.25) is 9.59 Å². The minimum absolute atomic E-state index is 0.0578. The van der Waals surface area contributed by atoms with Gasteiger partial charge in [-0.05, 0) is 31.5 Å². The summed E-state index contributed by atoms with van der Waals surface area (Å²) in [6.45, 7) is 5.21. The highest BCUT2D eigenvalue weighted by molar-refractivity contribution is 5.93. The van der Waals surface area contributed by atoms with Gasteiger partial charge in [-0.1, -0.05) is 12.1 Å². The molecule has 0 aliphatic heterocycles. The Balaban J connectivity index is 2.29. The largest absolute Gasteiger partial charge is 0.355 e. The second-order valence-electron chi connectivity index (χ2n) is 4.93. The number of hydrogen-bond donors (Lipinski definition) is 3. The third kappa shape index (κ3) is 5.84. The molecule has 5 nitrogen and oxygen atoms in total. The molecule has 0 fully saturated rings. The van der Waals surface area contributed by atoms with Crippen LogP contribution in [0.25, 0.3) is 0 Å². The molecule has 1 aromatic carbocycles. The van der Waals surface area contributed by atoms with E-state index in [9.17, 15) is 9.59 Å². The van der Waals surface area contributed by atoms with Crippen molar-refractivity contribution in [1.82, 2.24) is 16.0 Å². The van der Waals surface area contributed by atoms with E-state index in [2.05, 4.69) is 16.0 Å². The van der Waals surface area contributed by atoms with Gasteiger partial charge in [-0.15, -0.1) is 0 Å². The fourth-order valence-corrected chi connectivity index (χ4v) is 1.75. The highest BCUT2D eigenvalue weighted by Crippen LogP contribution is 2.04. The van der Waals surface area contributed by atoms with E-state index in [4.69, 9.17) is 0 Å². The lowest BCUT2D eigenvalue weighted by Gasteiger charge is -2.09. The van der Waals surface area contributed by atoms with Crippen LogP contribution in [0.1, 0.15) is 36.2 Å². The smallest absolute Gasteiger partial charge is 0.251 e. The number of nitrogens with one attached hydrogen (secondary N) is 3. The number of hydrogen-bond acceptors (Lipinski definition) is 3. The zero-order valence-electron chi connectivity index (χ0n) is 12.3. The topological polar surface area (TPSA) is 70.2 Å². The molecule has 0 saturated heterocycles. The zero-order valence-corrected chi connectivity index (χ0v) is 12.3. The normalized spacial score (nSPS) is 10.4. The average Bonchev–Trinajstić information content (AvgIpc) is 2.42. The van der Waals surface area contributed by atoms with Crippen molar-refractivity contribution in [1.29, 1.82) is 0 Å². The molecule has 20 heavy (non-hydrogen) atoms. The van der Waals surface area contributed by atoms with Crippen LogP contribution in [0.5, 0.6) is 0 Å². The van der Waals surface area contributed by atoms with Gasteiger partial charge in [0.2, 0.25) is 5.91 Å². The van der Waals surface area contributed by atoms with Crippen molar-refractivity contribution in [3.05, 3.63) is 35.4 Å². The van der Waals surface area contributed by atoms with E-state index in [0.717, 1.165) is 5.56 Å². The van der Waals surface area contributed by atoms with Crippen molar-refractivity contribution >= 4 is 11.8 Å². The summed E-state index contributed by atoms with van der Waals surface area (Å²) in [5.41, 5.74) is 1.73. The summed E-state index contributed by atoms with van der Waals surface area (Å²) in [6.07, 6.45) is 0.467. The molecular formula is C15H23N3O2. The molecule has 0 aromatic heterocycles. The lowest BCUT2D eigenvalue weighted by Crippen LogP contribution is -2.32. The first-order valence-electron chi connectivity index (χ1n) is 6.84. The minimum atomic E-state index is -0.0881. The van der Waals surface area contributed by atoms with E-state index in [-0.39, 0.29) is 17.9 Å². The maximum absolute atomic E-state index is 11.4. The molecule has 5 heteroatoms. The summed E-state index contributed by atoms with van der Waals surface area (Å²) < 4.78 is 0. The predicted molar refractivity (Wildman–Crippen MR) is 79.4 cm³/mol. The number of amides is 2. The van der Waals surface area contributed by atoms with E-state index in [1.807, 2.05) is 26.0 Å². The van der Waals surface area contributed by atoms with Crippen LogP contribution in [-0.2, 0) is 11.3 Å². The van der Waals surface area contributed by atoms with Crippen molar-refractivity contribution in [3.8, 4) is 0 Å². The maximum Gasteiger partial charge on any atom is 0.251 e. The second kappa shape index (κ2) is 8.32. The Morgan fingerprint density at radius 3 is 2.35 bits per heavy atom. The lowest BCUT2D eigenvalue weighted by molar-refractivity contribution is -0.121. The Morgan fingerprint density at radius 2 is 1.80 bits per heavy atom. The SMILES string of the molecule is CNC(=O)c1ccc(CNCCC(=O)NC(C)C)cc1. The van der Waals surface area contributed by atoms with Crippen LogP contribution in [0.4, 0.5) is 0 Å². The quantitative estimate of drug-likeness (QED) is 0.652. The standard InChI is InChI=1S/C15H23N3O2/c1-11(2)18-14(19)8-9-17-10-12-4-6-13(7-5-12)15(20)16-3/h4-7,11,17H,8-10H2,1-3H3,(H,16,20)(H,18,19). The average molecular weight is 277 g/mol. The van der Waals surface area contributed by atoms with Gasteiger partial charge in [0.15, 0.2) is 0 Å². The van der Waals surface area contributed by atoms with Gasteiger partial charge in [0, 0.05) is 38.2 Å². The summed E-state index contributed by atoms with van der Waals surface area (Å²) in [4.78, 5) is 22.8. The number of carbonyl (C=O) groups excluding carboxylic acids is 2. The van der Waals surface area contributed by atoms with Crippen molar-refractivity contribution in [2.45, 2.75) is 32.9 Å². The first-order valence-corrected chi connectivity index (χ1v) is 6.84. The number of carbonyl (C=O) groups is 2. The molecule has 0 spiro atoms. The predicted octanol–water partition coefficient (Wildman–Crippen LogP) is 1.05. The Labute approximate surface area is 120 Å². The lowest BCUT2D eigenvalue weighted by atomic mass is 10.1. The molecule has 0 heterocycles. The summed E-state index contributed by atoms with van der Waals surface area (Å²) in [6, 6.07) is 7.58. The van der Waals surface area contributed by atoms with Crippen molar-refractivity contribution < 1.29 is 9.59 Å². The first-order chi connectivity index (χ1) is 9.52. The van der Waals surface area contributed by atoms with Crippen molar-refractivity contribution in [2.75, 3.05) is 13.6 Å². The van der Waals surface area contributed by atoms with Gasteiger partial charge in [-0.2, -0.15) is 0 Å². The molecular weight excluding hydrogens is 254 g/mol. The minimum Gasteiger partial charge on any atom is -0.355 e. The van der Waals surface area contributed by atoms with Gasteiger partial charge in [0.05, 0.1) is 0 Å². The van der Waals surface area contributed by atoms with Gasteiger partial charge in [-0.25, -0.2) is 0 Å². The van der Waals surface area contributed by atoms with E-state index in [1.165, 1.54) is 0 Å². The van der Waals surface area contributed by atoms with Crippen LogP contribution in [0.2, 0.25) is 0 Å². The molecule has 0 atom stereocenters. The van der Waals surface area contributed by atoms with Crippen LogP contribution in [0, 0.1) is 0 Å². The third-order valence-corrected chi connectivity index (χ3v) is 2.75. The molecule has 0 radical (unpaired) electrons. The molecule has 0 aliphatic rings. The third-order valence-electron chi connectivity index (χ3n) is 2.75. The number of benzene rings is 1. The molecule has 1 aromatic rings. The van der Waals surface area contributed by atoms with Crippen LogP contribution >= 0.6 is 0 Å². The molecule has 0 unspecified atom stereocenters. The number of rotatable bonds is 7. The van der Waals surface area contributed by atoms with E-state index >= 15 is 0 Å². The Bertz CT molecular complexity index is 441. The zero-order chi connectivity index (χ0) is 15.0. The van der Waals surface area contributed by atoms with Crippen LogP contribution in [0.3, 0.4) is 0 Å². The Morgan fingerprint density at radius 1 is 1.15 bits per heavy atom. The maximum atomic E-state index is 11.4. The summed E-state index contributed by atoms with van der Waals surface area (Å²) in [5.74, 6) is -0.0302. The van der Waals surface area contributed by atoms with E-state index in [0.29, 0.717) is 25.1 Å². The summed E-state index contributed by atoms with van der Waals surface area (Å²) in [7, 11) is 1.61. The Hall–Kier alpha value is -1.88. The van der Waals surface area contributed by atoms with Crippen LogP contribution in [0.15, 0.2) is 24.3 Å². The van der Waals surface area contributed by atoms with Crippen LogP contribution < -0.4 is 16.0 Å². The molecule has 0 bridgehead atoms. The van der Waals surface area contributed by atoms with Gasteiger partial charge in [0.1, 0.15) is 0 Å². The fourth-order valence-electron chi connectivity index (χ4n) is 1.75. The summed E-state index contributed by atoms with van der Waals surface area (Å²) in [5, 5.41) is 8.63. The Kier molecular flexibility index (Phi) is 6.73. The van der Waals surface area contributed by atoms with Crippen LogP contribution in [-0.4, -0.2) is 31.4 Å². The molecule has 110 valence electrons. The highest BCUT2D eigenvalue weighted by atomic mass is 16.2. The summed E-state index contributed by atoms with van der Waals surface area (Å²) >= 11 is 0. The van der Waals surface area contributed by atoms with Crippen molar-refractivity contribution in [2.24, 2.45) is 0 Å². The molecule has 2 amide bonds. The molecule has 3 N–H and O–H groups in total. The monoisotopic (exact) mass is 277 g/mol. The van der Waals surface area contributed by atoms with Gasteiger partial charge in [0.25, 0.3) is 5.91 Å². The molecule has 1 rings (SSSR count). The molecule has 0 saturated carbocycles. The van der Waals surface area contributed by atoms with E-state index in [1.54, 1.807) is 19.2 Å². The van der Waals surface area contributed by atoms with E-state index < -0.39 is 0 Å². The fraction of sp³-hybridized carbons (Fsp3) is 0.467. The first kappa shape index (κ1) is 16.2. The van der Waals surface area contributed by atoms with Gasteiger partial charge >= 0.3 is 0 Å². The van der Waals surface area contributed by atoms with Gasteiger partial charge < -0.3 is 16.0 Å². The molecule has 0 aliphatic carbocycles. The van der Waals surface area contributed by atoms with Crippen molar-refractivity contribution in [3.63, 3.8) is 0 Å². The second-order valence-corrected chi connectivity index (χ2v) is 4.93.